The highest BCUT2D eigenvalue weighted by atomic mass is 16.1. The Morgan fingerprint density at radius 3 is 1.17 bits per heavy atom. The molecule has 0 bridgehead atoms. The Kier molecular flexibility index (Phi) is 2.69. The van der Waals surface area contributed by atoms with Crippen LogP contribution in [0.3, 0.4) is 0 Å². The topological polar surface area (TPSA) is 85.7 Å². The maximum Gasteiger partial charge on any atom is 0.214 e. The van der Waals surface area contributed by atoms with E-state index in [1.165, 1.54) is 0 Å². The second-order valence-electron chi connectivity index (χ2n) is 7.42. The van der Waals surface area contributed by atoms with Gasteiger partial charge < -0.3 is 0 Å². The molecule has 6 heteroatoms. The number of nitrogens with zero attached hydrogens (tertiary/aromatic N) is 4. The lowest BCUT2D eigenvalue weighted by Gasteiger charge is -2.02. The highest BCUT2D eigenvalue weighted by molar-refractivity contribution is 6.12. The van der Waals surface area contributed by atoms with Gasteiger partial charge in [-0.25, -0.2) is 19.9 Å². The summed E-state index contributed by atoms with van der Waals surface area (Å²) >= 11 is 0. The smallest absolute Gasteiger partial charge is 0.214 e. The van der Waals surface area contributed by atoms with Gasteiger partial charge in [0, 0.05) is 21.5 Å². The fourth-order valence-corrected chi connectivity index (χ4v) is 4.33. The second kappa shape index (κ2) is 5.18. The molecule has 0 N–H and O–H groups in total. The number of hydrogen-bond acceptors (Lipinski definition) is 6. The van der Waals surface area contributed by atoms with Gasteiger partial charge in [-0.2, -0.15) is 0 Å². The van der Waals surface area contributed by atoms with Gasteiger partial charge in [0.25, 0.3) is 0 Å². The van der Waals surface area contributed by atoms with E-state index in [-0.39, 0.29) is 10.9 Å². The van der Waals surface area contributed by atoms with E-state index in [0.29, 0.717) is 54.9 Å². The summed E-state index contributed by atoms with van der Waals surface area (Å²) in [4.78, 5) is 44.1. The number of rotatable bonds is 0. The van der Waals surface area contributed by atoms with Crippen molar-refractivity contribution in [2.45, 2.75) is 0 Å². The summed E-state index contributed by atoms with van der Waals surface area (Å²) in [5, 5.41) is 2.83. The molecule has 7 rings (SSSR count). The Hall–Kier alpha value is -4.32. The summed E-state index contributed by atoms with van der Waals surface area (Å²) in [7, 11) is 0. The highest BCUT2D eigenvalue weighted by Crippen LogP contribution is 2.27. The van der Waals surface area contributed by atoms with Gasteiger partial charge in [-0.15, -0.1) is 0 Å². The van der Waals surface area contributed by atoms with Crippen molar-refractivity contribution in [2.75, 3.05) is 0 Å². The van der Waals surface area contributed by atoms with Crippen LogP contribution in [0.2, 0.25) is 0 Å². The van der Waals surface area contributed by atoms with Crippen molar-refractivity contribution >= 4 is 65.7 Å². The first-order chi connectivity index (χ1) is 14.7. The molecule has 0 saturated heterocycles. The van der Waals surface area contributed by atoms with Crippen LogP contribution in [0.5, 0.6) is 0 Å². The molecule has 0 radical (unpaired) electrons. The van der Waals surface area contributed by atoms with E-state index in [1.807, 2.05) is 42.5 Å². The van der Waals surface area contributed by atoms with E-state index >= 15 is 0 Å². The third-order valence-corrected chi connectivity index (χ3v) is 5.73. The Bertz CT molecular complexity index is 1810. The van der Waals surface area contributed by atoms with Gasteiger partial charge >= 0.3 is 0 Å². The quantitative estimate of drug-likeness (QED) is 0.369. The summed E-state index contributed by atoms with van der Waals surface area (Å²) in [5.41, 5.74) is 4.02. The minimum Gasteiger partial charge on any atom is -0.287 e. The van der Waals surface area contributed by atoms with Crippen LogP contribution >= 0.6 is 0 Å². The lowest BCUT2D eigenvalue weighted by Crippen LogP contribution is -1.99. The summed E-state index contributed by atoms with van der Waals surface area (Å²) < 4.78 is 0. The minimum atomic E-state index is -0.124. The maximum atomic E-state index is 12.7. The normalized spacial score (nSPS) is 12.3. The van der Waals surface area contributed by atoms with Gasteiger partial charge in [0.15, 0.2) is 0 Å². The molecular weight excluding hydrogens is 376 g/mol. The van der Waals surface area contributed by atoms with Gasteiger partial charge in [-0.3, -0.25) is 9.59 Å². The molecule has 0 aliphatic carbocycles. The van der Waals surface area contributed by atoms with Crippen molar-refractivity contribution in [1.29, 1.82) is 0 Å². The first-order valence-corrected chi connectivity index (χ1v) is 9.51. The molecule has 0 atom stereocenters. The van der Waals surface area contributed by atoms with Crippen molar-refractivity contribution in [3.8, 4) is 0 Å². The lowest BCUT2D eigenvalue weighted by atomic mass is 10.2. The molecule has 0 aliphatic rings. The molecule has 30 heavy (non-hydrogen) atoms. The van der Waals surface area contributed by atoms with Crippen LogP contribution in [0.1, 0.15) is 0 Å². The molecule has 0 fully saturated rings. The van der Waals surface area contributed by atoms with E-state index in [2.05, 4.69) is 9.97 Å². The van der Waals surface area contributed by atoms with Gasteiger partial charge in [0.05, 0.1) is 22.1 Å². The van der Waals surface area contributed by atoms with Crippen molar-refractivity contribution in [2.24, 2.45) is 0 Å². The zero-order valence-corrected chi connectivity index (χ0v) is 15.4. The molecule has 0 saturated carbocycles. The molecular formula is C24H10N4O2. The van der Waals surface area contributed by atoms with Crippen LogP contribution in [0.15, 0.2) is 70.3 Å². The minimum absolute atomic E-state index is 0.124. The average Bonchev–Trinajstić information content (AvgIpc) is 3.21. The molecule has 2 aromatic heterocycles. The SMILES string of the molecule is O=c1c2ccccc2c2nc3cc4nc5c(nc4cc3nc12)c(=O)c1ccccc15. The van der Waals surface area contributed by atoms with Gasteiger partial charge in [0.2, 0.25) is 10.9 Å². The van der Waals surface area contributed by atoms with E-state index in [0.717, 1.165) is 10.8 Å². The van der Waals surface area contributed by atoms with E-state index in [1.54, 1.807) is 18.2 Å². The summed E-state index contributed by atoms with van der Waals surface area (Å²) in [5.74, 6) is 0. The molecule has 138 valence electrons. The van der Waals surface area contributed by atoms with Crippen molar-refractivity contribution < 1.29 is 0 Å². The first-order valence-electron chi connectivity index (χ1n) is 9.51. The standard InChI is InChI=1S/C24H10N4O2/c29-23-13-7-3-1-5-11(13)19-21(23)27-17-10-18-16(9-15(17)25-19)26-20-12-6-2-4-8-14(12)24(30)22(20)28-18/h1-10H. The van der Waals surface area contributed by atoms with Crippen LogP contribution in [0.4, 0.5) is 0 Å². The molecule has 0 amide bonds. The van der Waals surface area contributed by atoms with E-state index in [9.17, 15) is 9.59 Å². The van der Waals surface area contributed by atoms with Crippen molar-refractivity contribution in [1.82, 2.24) is 19.9 Å². The molecule has 2 heterocycles. The van der Waals surface area contributed by atoms with Crippen LogP contribution in [-0.4, -0.2) is 19.9 Å². The predicted molar refractivity (Wildman–Crippen MR) is 118 cm³/mol. The molecule has 0 spiro atoms. The predicted octanol–water partition coefficient (Wildman–Crippen LogP) is 3.78. The number of benzene rings is 3. The van der Waals surface area contributed by atoms with Crippen LogP contribution in [0.25, 0.3) is 65.7 Å². The summed E-state index contributed by atoms with van der Waals surface area (Å²) in [6.45, 7) is 0. The molecule has 6 nitrogen and oxygen atoms in total. The largest absolute Gasteiger partial charge is 0.287 e. The summed E-state index contributed by atoms with van der Waals surface area (Å²) in [6.07, 6.45) is 0. The van der Waals surface area contributed by atoms with Gasteiger partial charge in [-0.05, 0) is 12.1 Å². The molecule has 0 unspecified atom stereocenters. The number of fused-ring (bicyclic) bond motifs is 8. The Balaban J connectivity index is 1.65. The van der Waals surface area contributed by atoms with Crippen molar-refractivity contribution in [3.05, 3.63) is 81.1 Å². The fourth-order valence-electron chi connectivity index (χ4n) is 4.33. The highest BCUT2D eigenvalue weighted by Gasteiger charge is 2.17. The Labute approximate surface area is 167 Å². The number of hydrogen-bond donors (Lipinski definition) is 0. The average molecular weight is 386 g/mol. The zero-order valence-electron chi connectivity index (χ0n) is 15.4. The lowest BCUT2D eigenvalue weighted by molar-refractivity contribution is 1.38. The Morgan fingerprint density at radius 1 is 0.433 bits per heavy atom. The van der Waals surface area contributed by atoms with Crippen LogP contribution in [0, 0.1) is 0 Å². The second-order valence-corrected chi connectivity index (χ2v) is 7.42. The fraction of sp³-hybridized carbons (Fsp3) is 0. The summed E-state index contributed by atoms with van der Waals surface area (Å²) in [6, 6.07) is 18.4. The van der Waals surface area contributed by atoms with E-state index < -0.39 is 0 Å². The zero-order chi connectivity index (χ0) is 20.0. The third-order valence-electron chi connectivity index (χ3n) is 5.73. The van der Waals surface area contributed by atoms with Crippen molar-refractivity contribution in [3.63, 3.8) is 0 Å². The number of aromatic nitrogens is 4. The first kappa shape index (κ1) is 15.6. The van der Waals surface area contributed by atoms with Gasteiger partial charge in [0.1, 0.15) is 22.1 Å². The van der Waals surface area contributed by atoms with Gasteiger partial charge in [-0.1, -0.05) is 48.5 Å². The molecule has 0 aliphatic heterocycles. The monoisotopic (exact) mass is 386 g/mol. The van der Waals surface area contributed by atoms with Crippen LogP contribution < -0.4 is 10.9 Å². The maximum absolute atomic E-state index is 12.7. The third kappa shape index (κ3) is 1.83. The van der Waals surface area contributed by atoms with Crippen LogP contribution in [-0.2, 0) is 0 Å². The molecule has 5 aromatic carbocycles. The Morgan fingerprint density at radius 2 is 0.767 bits per heavy atom. The molecule has 7 aromatic rings. The van der Waals surface area contributed by atoms with E-state index in [4.69, 9.17) is 9.97 Å².